The first-order valence-corrected chi connectivity index (χ1v) is 22.0. The highest BCUT2D eigenvalue weighted by Gasteiger charge is 2.47. The molecule has 0 aliphatic rings. The smallest absolute Gasteiger partial charge is 0.329 e. The van der Waals surface area contributed by atoms with E-state index >= 15 is 0 Å². The molecule has 0 saturated heterocycles. The highest BCUT2D eigenvalue weighted by molar-refractivity contribution is 6.04. The van der Waals surface area contributed by atoms with Crippen molar-refractivity contribution in [3.05, 3.63) is 71.8 Å². The van der Waals surface area contributed by atoms with E-state index in [-0.39, 0.29) is 38.3 Å². The summed E-state index contributed by atoms with van der Waals surface area (Å²) in [6, 6.07) is 17.7. The molecule has 1 amide bonds. The third-order valence-corrected chi connectivity index (χ3v) is 10.4. The van der Waals surface area contributed by atoms with Gasteiger partial charge in [-0.15, -0.1) is 0 Å². The fourth-order valence-corrected chi connectivity index (χ4v) is 7.00. The number of amides is 1. The van der Waals surface area contributed by atoms with Crippen LogP contribution in [0.1, 0.15) is 180 Å². The first-order chi connectivity index (χ1) is 27.9. The molecule has 324 valence electrons. The van der Waals surface area contributed by atoms with Crippen molar-refractivity contribution >= 4 is 29.8 Å². The van der Waals surface area contributed by atoms with Crippen molar-refractivity contribution in [2.45, 2.75) is 194 Å². The number of rotatable bonds is 32. The van der Waals surface area contributed by atoms with Crippen LogP contribution in [0, 0.1) is 5.41 Å². The Kier molecular flexibility index (Phi) is 25.0. The van der Waals surface area contributed by atoms with Crippen molar-refractivity contribution in [2.24, 2.45) is 5.41 Å². The highest BCUT2D eigenvalue weighted by atomic mass is 16.6. The molecule has 0 spiro atoms. The summed E-state index contributed by atoms with van der Waals surface area (Å²) in [7, 11) is 0. The van der Waals surface area contributed by atoms with Gasteiger partial charge >= 0.3 is 23.9 Å². The SMILES string of the molecule is CCCCCCCCCCC[C@](CCCCCCCCCCC(=O)OCc1ccccc1)(C(=O)NC(CCC(=O)O)C(=O)OC(C)(C)C)C(=O)OCc1ccccc1. The average molecular weight is 808 g/mol. The van der Waals surface area contributed by atoms with Crippen LogP contribution < -0.4 is 5.32 Å². The molecular formula is C48H73NO9. The zero-order valence-electron chi connectivity index (χ0n) is 36.0. The normalized spacial score (nSPS) is 12.9. The van der Waals surface area contributed by atoms with E-state index in [1.165, 1.54) is 25.7 Å². The van der Waals surface area contributed by atoms with E-state index in [1.807, 2.05) is 60.7 Å². The van der Waals surface area contributed by atoms with Gasteiger partial charge in [-0.2, -0.15) is 0 Å². The van der Waals surface area contributed by atoms with Crippen LogP contribution in [0.15, 0.2) is 60.7 Å². The van der Waals surface area contributed by atoms with Crippen molar-refractivity contribution in [3.8, 4) is 0 Å². The number of carbonyl (C=O) groups excluding carboxylic acids is 4. The predicted molar refractivity (Wildman–Crippen MR) is 228 cm³/mol. The van der Waals surface area contributed by atoms with Crippen LogP contribution in [-0.2, 0) is 51.4 Å². The van der Waals surface area contributed by atoms with Crippen LogP contribution in [0.5, 0.6) is 0 Å². The Balaban J connectivity index is 2.09. The summed E-state index contributed by atoms with van der Waals surface area (Å²) < 4.78 is 16.9. The van der Waals surface area contributed by atoms with Crippen molar-refractivity contribution in [2.75, 3.05) is 0 Å². The summed E-state index contributed by atoms with van der Waals surface area (Å²) in [6.45, 7) is 7.63. The number of hydrogen-bond donors (Lipinski definition) is 2. The monoisotopic (exact) mass is 808 g/mol. The third-order valence-electron chi connectivity index (χ3n) is 10.4. The fraction of sp³-hybridized carbons (Fsp3) is 0.646. The number of unbranched alkanes of at least 4 members (excludes halogenated alkanes) is 15. The second-order valence-electron chi connectivity index (χ2n) is 16.7. The Morgan fingerprint density at radius 2 is 1.05 bits per heavy atom. The molecule has 2 aromatic rings. The van der Waals surface area contributed by atoms with Crippen molar-refractivity contribution in [1.29, 1.82) is 0 Å². The largest absolute Gasteiger partial charge is 0.481 e. The Morgan fingerprint density at radius 3 is 1.52 bits per heavy atom. The molecule has 0 aliphatic carbocycles. The van der Waals surface area contributed by atoms with Gasteiger partial charge in [-0.25, -0.2) is 4.79 Å². The molecule has 0 saturated carbocycles. The van der Waals surface area contributed by atoms with Gasteiger partial charge < -0.3 is 24.6 Å². The van der Waals surface area contributed by atoms with Crippen LogP contribution in [0.25, 0.3) is 0 Å². The van der Waals surface area contributed by atoms with Gasteiger partial charge in [0, 0.05) is 12.8 Å². The molecule has 2 atom stereocenters. The summed E-state index contributed by atoms with van der Waals surface area (Å²) in [5, 5.41) is 12.2. The molecule has 2 rings (SSSR count). The topological polar surface area (TPSA) is 145 Å². The summed E-state index contributed by atoms with van der Waals surface area (Å²) in [5.41, 5.74) is -0.651. The van der Waals surface area contributed by atoms with E-state index < -0.39 is 40.9 Å². The lowest BCUT2D eigenvalue weighted by Gasteiger charge is -2.33. The van der Waals surface area contributed by atoms with Crippen LogP contribution in [0.3, 0.4) is 0 Å². The van der Waals surface area contributed by atoms with Crippen molar-refractivity contribution < 1.29 is 43.3 Å². The van der Waals surface area contributed by atoms with Crippen LogP contribution in [-0.4, -0.2) is 46.5 Å². The summed E-state index contributed by atoms with van der Waals surface area (Å²) in [6.07, 6.45) is 17.1. The van der Waals surface area contributed by atoms with Crippen LogP contribution in [0.4, 0.5) is 0 Å². The Morgan fingerprint density at radius 1 is 0.603 bits per heavy atom. The molecule has 2 aromatic carbocycles. The molecule has 0 radical (unpaired) electrons. The predicted octanol–water partition coefficient (Wildman–Crippen LogP) is 11.0. The van der Waals surface area contributed by atoms with Gasteiger partial charge in [0.1, 0.15) is 30.3 Å². The van der Waals surface area contributed by atoms with Gasteiger partial charge in [0.25, 0.3) is 0 Å². The number of esters is 3. The first-order valence-electron chi connectivity index (χ1n) is 22.0. The maximum Gasteiger partial charge on any atom is 0.329 e. The number of benzene rings is 2. The third kappa shape index (κ3) is 22.1. The van der Waals surface area contributed by atoms with Gasteiger partial charge in [0.05, 0.1) is 0 Å². The molecule has 0 fully saturated rings. The van der Waals surface area contributed by atoms with Crippen LogP contribution in [0.2, 0.25) is 0 Å². The Bertz CT molecular complexity index is 1460. The number of carboxylic acids is 1. The molecule has 10 nitrogen and oxygen atoms in total. The summed E-state index contributed by atoms with van der Waals surface area (Å²) >= 11 is 0. The molecule has 2 N–H and O–H groups in total. The quantitative estimate of drug-likeness (QED) is 0.0319. The molecule has 1 unspecified atom stereocenters. The van der Waals surface area contributed by atoms with Gasteiger partial charge in [-0.05, 0) is 57.6 Å². The Hall–Kier alpha value is -4.21. The molecular weight excluding hydrogens is 735 g/mol. The molecule has 0 aromatic heterocycles. The van der Waals surface area contributed by atoms with Gasteiger partial charge in [0.2, 0.25) is 5.91 Å². The maximum atomic E-state index is 14.5. The molecule has 0 heterocycles. The van der Waals surface area contributed by atoms with Crippen molar-refractivity contribution in [3.63, 3.8) is 0 Å². The zero-order chi connectivity index (χ0) is 42.5. The number of hydrogen-bond acceptors (Lipinski definition) is 8. The summed E-state index contributed by atoms with van der Waals surface area (Å²) in [5.74, 6) is -3.26. The zero-order valence-corrected chi connectivity index (χ0v) is 36.0. The van der Waals surface area contributed by atoms with E-state index in [4.69, 9.17) is 14.2 Å². The molecule has 0 bridgehead atoms. The lowest BCUT2D eigenvalue weighted by Crippen LogP contribution is -2.53. The number of ether oxygens (including phenoxy) is 3. The van der Waals surface area contributed by atoms with Gasteiger partial charge in [-0.1, -0.05) is 170 Å². The summed E-state index contributed by atoms with van der Waals surface area (Å²) in [4.78, 5) is 65.9. The fourth-order valence-electron chi connectivity index (χ4n) is 7.00. The van der Waals surface area contributed by atoms with E-state index in [0.29, 0.717) is 25.9 Å². The van der Waals surface area contributed by atoms with E-state index in [0.717, 1.165) is 81.8 Å². The standard InChI is InChI=1S/C48H73NO9/c1-5-6-7-8-9-11-14-17-26-35-48(46(55)57-38-40-30-23-20-24-31-40,45(54)49-41(33-34-42(50)51)44(53)58-47(2,3)4)36-27-18-15-12-10-13-16-25-32-43(52)56-37-39-28-21-19-22-29-39/h19-24,28-31,41H,5-18,25-27,32-38H2,1-4H3,(H,49,54)(H,50,51)/t41?,48-/m0/s1. The number of nitrogens with one attached hydrogen (secondary N) is 1. The lowest BCUT2D eigenvalue weighted by atomic mass is 9.76. The Labute approximate surface area is 348 Å². The average Bonchev–Trinajstić information content (AvgIpc) is 3.19. The molecule has 58 heavy (non-hydrogen) atoms. The minimum atomic E-state index is -1.56. The second kappa shape index (κ2) is 29.1. The minimum absolute atomic E-state index is 0.00567. The number of aliphatic carboxylic acids is 1. The van der Waals surface area contributed by atoms with E-state index in [9.17, 15) is 29.1 Å². The molecule has 0 aliphatic heterocycles. The minimum Gasteiger partial charge on any atom is -0.481 e. The van der Waals surface area contributed by atoms with E-state index in [1.54, 1.807) is 20.8 Å². The number of carboxylic acid groups (broad SMARTS) is 1. The van der Waals surface area contributed by atoms with Gasteiger partial charge in [0.15, 0.2) is 0 Å². The van der Waals surface area contributed by atoms with E-state index in [2.05, 4.69) is 12.2 Å². The lowest BCUT2D eigenvalue weighted by molar-refractivity contribution is -0.167. The second-order valence-corrected chi connectivity index (χ2v) is 16.7. The van der Waals surface area contributed by atoms with Crippen molar-refractivity contribution in [1.82, 2.24) is 5.32 Å². The first kappa shape index (κ1) is 49.9. The van der Waals surface area contributed by atoms with Crippen LogP contribution >= 0.6 is 0 Å². The molecule has 10 heteroatoms. The maximum absolute atomic E-state index is 14.5. The highest BCUT2D eigenvalue weighted by Crippen LogP contribution is 2.35. The van der Waals surface area contributed by atoms with Gasteiger partial charge in [-0.3, -0.25) is 19.2 Å². The number of carbonyl (C=O) groups is 5.